The van der Waals surface area contributed by atoms with Gasteiger partial charge in [0.15, 0.2) is 0 Å². The first-order valence-electron chi connectivity index (χ1n) is 11.6. The standard InChI is InChI=1S/C26H34FN3O2S/c1-26(2,3)30-33-22-15-13-21(14-16-22)28-25(32)23(17-18-7-5-4-6-8-18)29-24(31)19-9-11-20(27)12-10-19/h9-16,18,23,30H,4-8,17H2,1-3H3,(H,28,32)(H,29,31)/t23-/m0/s1. The molecule has 33 heavy (non-hydrogen) atoms. The fraction of sp³-hybridized carbons (Fsp3) is 0.462. The highest BCUT2D eigenvalue weighted by atomic mass is 32.2. The first-order chi connectivity index (χ1) is 15.7. The van der Waals surface area contributed by atoms with Gasteiger partial charge in [-0.05, 0) is 93.6 Å². The molecule has 3 rings (SSSR count). The van der Waals surface area contributed by atoms with Crippen molar-refractivity contribution >= 4 is 29.4 Å². The fourth-order valence-electron chi connectivity index (χ4n) is 3.88. The minimum Gasteiger partial charge on any atom is -0.340 e. The van der Waals surface area contributed by atoms with E-state index in [4.69, 9.17) is 0 Å². The summed E-state index contributed by atoms with van der Waals surface area (Å²) in [6.45, 7) is 6.30. The van der Waals surface area contributed by atoms with Crippen molar-refractivity contribution in [3.63, 3.8) is 0 Å². The van der Waals surface area contributed by atoms with Gasteiger partial charge in [0.2, 0.25) is 5.91 Å². The van der Waals surface area contributed by atoms with E-state index >= 15 is 0 Å². The van der Waals surface area contributed by atoms with E-state index in [9.17, 15) is 14.0 Å². The molecule has 1 atom stereocenters. The van der Waals surface area contributed by atoms with E-state index < -0.39 is 11.9 Å². The number of carbonyl (C=O) groups excluding carboxylic acids is 2. The summed E-state index contributed by atoms with van der Waals surface area (Å²) >= 11 is 1.55. The van der Waals surface area contributed by atoms with Gasteiger partial charge in [0, 0.05) is 21.7 Å². The summed E-state index contributed by atoms with van der Waals surface area (Å²) in [7, 11) is 0. The van der Waals surface area contributed by atoms with Crippen LogP contribution in [0.1, 0.15) is 69.7 Å². The highest BCUT2D eigenvalue weighted by Gasteiger charge is 2.26. The topological polar surface area (TPSA) is 70.2 Å². The number of halogens is 1. The molecular weight excluding hydrogens is 437 g/mol. The average Bonchev–Trinajstić information content (AvgIpc) is 2.78. The van der Waals surface area contributed by atoms with Crippen LogP contribution in [0.15, 0.2) is 53.4 Å². The number of benzene rings is 2. The van der Waals surface area contributed by atoms with Gasteiger partial charge in [-0.3, -0.25) is 14.3 Å². The molecule has 178 valence electrons. The first kappa shape index (κ1) is 25.2. The molecule has 1 fully saturated rings. The van der Waals surface area contributed by atoms with Crippen LogP contribution in [-0.4, -0.2) is 23.4 Å². The Kier molecular flexibility index (Phi) is 8.92. The van der Waals surface area contributed by atoms with Crippen molar-refractivity contribution in [3.05, 3.63) is 59.9 Å². The third-order valence-corrected chi connectivity index (χ3v) is 6.84. The second-order valence-corrected chi connectivity index (χ2v) is 10.6. The summed E-state index contributed by atoms with van der Waals surface area (Å²) in [6.07, 6.45) is 6.29. The van der Waals surface area contributed by atoms with Crippen LogP contribution < -0.4 is 15.4 Å². The van der Waals surface area contributed by atoms with Crippen LogP contribution in [0.4, 0.5) is 10.1 Å². The predicted molar refractivity (Wildman–Crippen MR) is 133 cm³/mol. The highest BCUT2D eigenvalue weighted by molar-refractivity contribution is 7.97. The highest BCUT2D eigenvalue weighted by Crippen LogP contribution is 2.28. The van der Waals surface area contributed by atoms with Crippen molar-refractivity contribution in [3.8, 4) is 0 Å². The number of nitrogens with one attached hydrogen (secondary N) is 3. The molecule has 0 saturated heterocycles. The summed E-state index contributed by atoms with van der Waals surface area (Å²) in [6, 6.07) is 12.3. The molecule has 0 aromatic heterocycles. The van der Waals surface area contributed by atoms with E-state index in [2.05, 4.69) is 36.1 Å². The smallest absolute Gasteiger partial charge is 0.251 e. The van der Waals surface area contributed by atoms with Gasteiger partial charge in [0.25, 0.3) is 5.91 Å². The molecule has 5 nitrogen and oxygen atoms in total. The van der Waals surface area contributed by atoms with Crippen molar-refractivity contribution in [2.75, 3.05) is 5.32 Å². The Labute approximate surface area is 200 Å². The molecule has 2 aromatic rings. The maximum atomic E-state index is 13.2. The molecule has 1 saturated carbocycles. The average molecular weight is 472 g/mol. The lowest BCUT2D eigenvalue weighted by Crippen LogP contribution is -2.45. The molecule has 2 amide bonds. The predicted octanol–water partition coefficient (Wildman–Crippen LogP) is 5.93. The number of hydrogen-bond donors (Lipinski definition) is 3. The molecule has 1 aliphatic carbocycles. The Hall–Kier alpha value is -2.38. The zero-order valence-electron chi connectivity index (χ0n) is 19.6. The van der Waals surface area contributed by atoms with Crippen molar-refractivity contribution in [2.24, 2.45) is 5.92 Å². The van der Waals surface area contributed by atoms with Crippen molar-refractivity contribution < 1.29 is 14.0 Å². The lowest BCUT2D eigenvalue weighted by atomic mass is 9.84. The molecule has 0 heterocycles. The van der Waals surface area contributed by atoms with Crippen LogP contribution in [0.2, 0.25) is 0 Å². The Morgan fingerprint density at radius 2 is 1.64 bits per heavy atom. The third kappa shape index (κ3) is 8.48. The van der Waals surface area contributed by atoms with E-state index in [1.165, 1.54) is 30.7 Å². The summed E-state index contributed by atoms with van der Waals surface area (Å²) < 4.78 is 16.6. The molecule has 0 spiro atoms. The maximum absolute atomic E-state index is 13.2. The zero-order chi connectivity index (χ0) is 23.8. The van der Waals surface area contributed by atoms with Crippen LogP contribution in [0.5, 0.6) is 0 Å². The van der Waals surface area contributed by atoms with Crippen LogP contribution in [0, 0.1) is 11.7 Å². The van der Waals surface area contributed by atoms with Crippen LogP contribution in [-0.2, 0) is 4.79 Å². The van der Waals surface area contributed by atoms with E-state index in [1.54, 1.807) is 11.9 Å². The Bertz CT molecular complexity index is 920. The Balaban J connectivity index is 1.66. The molecule has 0 radical (unpaired) electrons. The number of carbonyl (C=O) groups is 2. The summed E-state index contributed by atoms with van der Waals surface area (Å²) in [4.78, 5) is 26.9. The maximum Gasteiger partial charge on any atom is 0.251 e. The molecule has 7 heteroatoms. The quantitative estimate of drug-likeness (QED) is 0.418. The first-order valence-corrected chi connectivity index (χ1v) is 12.4. The van der Waals surface area contributed by atoms with Gasteiger partial charge in [-0.15, -0.1) is 0 Å². The van der Waals surface area contributed by atoms with Gasteiger partial charge < -0.3 is 10.6 Å². The fourth-order valence-corrected chi connectivity index (χ4v) is 4.57. The minimum absolute atomic E-state index is 0.00732. The molecule has 0 aliphatic heterocycles. The largest absolute Gasteiger partial charge is 0.340 e. The number of hydrogen-bond acceptors (Lipinski definition) is 4. The number of anilines is 1. The van der Waals surface area contributed by atoms with E-state index in [1.807, 2.05) is 24.3 Å². The van der Waals surface area contributed by atoms with Crippen molar-refractivity contribution in [1.29, 1.82) is 0 Å². The lowest BCUT2D eigenvalue weighted by Gasteiger charge is -2.26. The van der Waals surface area contributed by atoms with Crippen molar-refractivity contribution in [2.45, 2.75) is 75.8 Å². The van der Waals surface area contributed by atoms with Gasteiger partial charge in [0.05, 0.1) is 0 Å². The van der Waals surface area contributed by atoms with E-state index in [-0.39, 0.29) is 17.4 Å². The summed E-state index contributed by atoms with van der Waals surface area (Å²) in [5, 5.41) is 5.83. The summed E-state index contributed by atoms with van der Waals surface area (Å²) in [5.74, 6) is -0.595. The monoisotopic (exact) mass is 471 g/mol. The summed E-state index contributed by atoms with van der Waals surface area (Å²) in [5.41, 5.74) is 1.02. The number of amides is 2. The van der Waals surface area contributed by atoms with Gasteiger partial charge in [-0.25, -0.2) is 4.39 Å². The van der Waals surface area contributed by atoms with Gasteiger partial charge in [-0.1, -0.05) is 32.1 Å². The van der Waals surface area contributed by atoms with Gasteiger partial charge in [-0.2, -0.15) is 0 Å². The Morgan fingerprint density at radius 1 is 1.00 bits per heavy atom. The van der Waals surface area contributed by atoms with Gasteiger partial charge in [0.1, 0.15) is 11.9 Å². The van der Waals surface area contributed by atoms with Crippen molar-refractivity contribution in [1.82, 2.24) is 10.0 Å². The van der Waals surface area contributed by atoms with Crippen LogP contribution in [0.25, 0.3) is 0 Å². The normalized spacial score (nSPS) is 15.6. The second kappa shape index (κ2) is 11.7. The number of rotatable bonds is 8. The Morgan fingerprint density at radius 3 is 2.24 bits per heavy atom. The minimum atomic E-state index is -0.651. The SMILES string of the molecule is CC(C)(C)NSc1ccc(NC(=O)[C@H](CC2CCCCC2)NC(=O)c2ccc(F)cc2)cc1. The van der Waals surface area contributed by atoms with Crippen LogP contribution >= 0.6 is 11.9 Å². The molecule has 1 aliphatic rings. The van der Waals surface area contributed by atoms with E-state index in [0.29, 0.717) is 23.6 Å². The molecule has 3 N–H and O–H groups in total. The molecule has 2 aromatic carbocycles. The molecular formula is C26H34FN3O2S. The zero-order valence-corrected chi connectivity index (χ0v) is 20.4. The second-order valence-electron chi connectivity index (χ2n) is 9.74. The van der Waals surface area contributed by atoms with Gasteiger partial charge >= 0.3 is 0 Å². The lowest BCUT2D eigenvalue weighted by molar-refractivity contribution is -0.118. The van der Waals surface area contributed by atoms with Crippen LogP contribution in [0.3, 0.4) is 0 Å². The molecule has 0 bridgehead atoms. The molecule has 0 unspecified atom stereocenters. The van der Waals surface area contributed by atoms with E-state index in [0.717, 1.165) is 30.6 Å². The third-order valence-electron chi connectivity index (χ3n) is 5.62.